The third-order valence-electron chi connectivity index (χ3n) is 2.71. The van der Waals surface area contributed by atoms with Crippen molar-refractivity contribution in [1.29, 1.82) is 0 Å². The number of thioether (sulfide) groups is 1. The summed E-state index contributed by atoms with van der Waals surface area (Å²) in [5, 5.41) is 0.0298. The summed E-state index contributed by atoms with van der Waals surface area (Å²) >= 11 is 1.33. The number of hydrogen-bond acceptors (Lipinski definition) is 1. The zero-order chi connectivity index (χ0) is 10.7. The van der Waals surface area contributed by atoms with Crippen molar-refractivity contribution in [2.45, 2.75) is 31.9 Å². The van der Waals surface area contributed by atoms with Crippen LogP contribution >= 0.6 is 11.8 Å². The summed E-state index contributed by atoms with van der Waals surface area (Å²) in [6, 6.07) is 8.16. The van der Waals surface area contributed by atoms with Crippen LogP contribution < -0.4 is 0 Å². The molecule has 1 aliphatic rings. The number of allylic oxidation sites excluding steroid dienone is 1. The molecule has 1 aromatic carbocycles. The van der Waals surface area contributed by atoms with Gasteiger partial charge < -0.3 is 0 Å². The van der Waals surface area contributed by atoms with Crippen LogP contribution in [0.25, 0.3) is 5.57 Å². The van der Waals surface area contributed by atoms with E-state index in [1.165, 1.54) is 17.3 Å². The van der Waals surface area contributed by atoms with Crippen molar-refractivity contribution < 1.29 is 4.39 Å². The number of fused-ring (bicyclic) bond motifs is 1. The number of rotatable bonds is 3. The second-order valence-electron chi connectivity index (χ2n) is 3.80. The molecule has 2 rings (SSSR count). The van der Waals surface area contributed by atoms with Crippen LogP contribution in [0.4, 0.5) is 4.39 Å². The van der Waals surface area contributed by atoms with Gasteiger partial charge in [0.25, 0.3) is 0 Å². The minimum atomic E-state index is 0.0298. The number of halogens is 1. The fourth-order valence-electron chi connectivity index (χ4n) is 1.86. The summed E-state index contributed by atoms with van der Waals surface area (Å²) in [5.74, 6) is 0.775. The summed E-state index contributed by atoms with van der Waals surface area (Å²) in [6.45, 7) is 2.14. The zero-order valence-electron chi connectivity index (χ0n) is 8.92. The fourth-order valence-corrected chi connectivity index (χ4v) is 2.78. The van der Waals surface area contributed by atoms with Gasteiger partial charge in [0.05, 0.1) is 0 Å². The molecule has 1 aromatic rings. The quantitative estimate of drug-likeness (QED) is 0.710. The molecule has 0 atom stereocenters. The van der Waals surface area contributed by atoms with E-state index in [-0.39, 0.29) is 5.16 Å². The van der Waals surface area contributed by atoms with E-state index >= 15 is 0 Å². The molecule has 0 amide bonds. The van der Waals surface area contributed by atoms with Crippen molar-refractivity contribution in [3.63, 3.8) is 0 Å². The molecule has 0 saturated heterocycles. The standard InChI is InChI=1S/C13H15FS/c1-2-3-7-12-11-8-5-4-6-10(11)9-15-13(12)14/h4-6,8H,2-3,7,9H2,1H3. The largest absolute Gasteiger partial charge is 0.199 e. The maximum atomic E-state index is 13.7. The van der Waals surface area contributed by atoms with E-state index in [1.807, 2.05) is 18.2 Å². The zero-order valence-corrected chi connectivity index (χ0v) is 9.74. The van der Waals surface area contributed by atoms with E-state index in [9.17, 15) is 4.39 Å². The molecule has 1 aliphatic heterocycles. The fraction of sp³-hybridized carbons (Fsp3) is 0.385. The SMILES string of the molecule is CCCCC1=C(F)SCc2ccccc21. The highest BCUT2D eigenvalue weighted by Crippen LogP contribution is 2.40. The van der Waals surface area contributed by atoms with Crippen LogP contribution in [0, 0.1) is 0 Å². The van der Waals surface area contributed by atoms with Crippen molar-refractivity contribution in [3.05, 3.63) is 40.6 Å². The van der Waals surface area contributed by atoms with Crippen LogP contribution in [0.5, 0.6) is 0 Å². The Hall–Kier alpha value is -0.760. The molecular weight excluding hydrogens is 207 g/mol. The van der Waals surface area contributed by atoms with Gasteiger partial charge in [0.2, 0.25) is 0 Å². The van der Waals surface area contributed by atoms with Gasteiger partial charge in [-0.15, -0.1) is 0 Å². The molecule has 1 heterocycles. The lowest BCUT2D eigenvalue weighted by Crippen LogP contribution is -1.98. The third kappa shape index (κ3) is 2.25. The third-order valence-corrected chi connectivity index (χ3v) is 3.67. The highest BCUT2D eigenvalue weighted by Gasteiger charge is 2.18. The van der Waals surface area contributed by atoms with Crippen LogP contribution in [0.15, 0.2) is 29.4 Å². The summed E-state index contributed by atoms with van der Waals surface area (Å²) in [6.07, 6.45) is 3.05. The van der Waals surface area contributed by atoms with Crippen LogP contribution in [0.3, 0.4) is 0 Å². The maximum absolute atomic E-state index is 13.7. The minimum Gasteiger partial charge on any atom is -0.199 e. The Kier molecular flexibility index (Phi) is 3.47. The lowest BCUT2D eigenvalue weighted by Gasteiger charge is -2.18. The topological polar surface area (TPSA) is 0 Å². The minimum absolute atomic E-state index is 0.0298. The van der Waals surface area contributed by atoms with Gasteiger partial charge >= 0.3 is 0 Å². The Balaban J connectivity index is 2.33. The first-order valence-electron chi connectivity index (χ1n) is 5.42. The summed E-state index contributed by atoms with van der Waals surface area (Å²) in [7, 11) is 0. The van der Waals surface area contributed by atoms with Crippen LogP contribution in [0.2, 0.25) is 0 Å². The first-order valence-corrected chi connectivity index (χ1v) is 6.41. The smallest absolute Gasteiger partial charge is 0.160 e. The molecule has 0 saturated carbocycles. The lowest BCUT2D eigenvalue weighted by atomic mass is 9.97. The molecule has 0 N–H and O–H groups in total. The van der Waals surface area contributed by atoms with E-state index in [0.717, 1.165) is 36.2 Å². The monoisotopic (exact) mass is 222 g/mol. The molecule has 0 radical (unpaired) electrons. The normalized spacial score (nSPS) is 15.3. The molecule has 15 heavy (non-hydrogen) atoms. The Morgan fingerprint density at radius 2 is 2.13 bits per heavy atom. The van der Waals surface area contributed by atoms with Gasteiger partial charge in [-0.25, -0.2) is 0 Å². The number of unbranched alkanes of at least 4 members (excludes halogenated alkanes) is 1. The van der Waals surface area contributed by atoms with Gasteiger partial charge in [0, 0.05) is 11.3 Å². The van der Waals surface area contributed by atoms with Gasteiger partial charge in [0.1, 0.15) is 0 Å². The molecule has 0 bridgehead atoms. The van der Waals surface area contributed by atoms with Crippen molar-refractivity contribution in [1.82, 2.24) is 0 Å². The molecular formula is C13H15FS. The van der Waals surface area contributed by atoms with Gasteiger partial charge in [-0.2, -0.15) is 4.39 Å². The van der Waals surface area contributed by atoms with Gasteiger partial charge in [-0.3, -0.25) is 0 Å². The van der Waals surface area contributed by atoms with Crippen molar-refractivity contribution in [2.75, 3.05) is 0 Å². The first kappa shape index (κ1) is 10.7. The molecule has 80 valence electrons. The maximum Gasteiger partial charge on any atom is 0.160 e. The average molecular weight is 222 g/mol. The Morgan fingerprint density at radius 3 is 2.93 bits per heavy atom. The number of hydrogen-bond donors (Lipinski definition) is 0. The Labute approximate surface area is 94.6 Å². The average Bonchev–Trinajstić information content (AvgIpc) is 2.28. The Morgan fingerprint density at radius 1 is 1.33 bits per heavy atom. The van der Waals surface area contributed by atoms with Crippen molar-refractivity contribution >= 4 is 17.3 Å². The second kappa shape index (κ2) is 4.84. The summed E-state index contributed by atoms with van der Waals surface area (Å²) in [5.41, 5.74) is 3.32. The van der Waals surface area contributed by atoms with E-state index in [2.05, 4.69) is 13.0 Å². The van der Waals surface area contributed by atoms with Crippen molar-refractivity contribution in [3.8, 4) is 0 Å². The number of benzene rings is 1. The predicted molar refractivity (Wildman–Crippen MR) is 65.3 cm³/mol. The summed E-state index contributed by atoms with van der Waals surface area (Å²) < 4.78 is 13.7. The molecule has 0 nitrogen and oxygen atoms in total. The molecule has 0 aromatic heterocycles. The van der Waals surface area contributed by atoms with Crippen LogP contribution in [0.1, 0.15) is 37.3 Å². The molecule has 0 aliphatic carbocycles. The highest BCUT2D eigenvalue weighted by atomic mass is 32.2. The molecule has 2 heteroatoms. The van der Waals surface area contributed by atoms with E-state index in [1.54, 1.807) is 0 Å². The van der Waals surface area contributed by atoms with Crippen LogP contribution in [-0.2, 0) is 5.75 Å². The molecule has 0 unspecified atom stereocenters. The van der Waals surface area contributed by atoms with Crippen LogP contribution in [-0.4, -0.2) is 0 Å². The first-order chi connectivity index (χ1) is 7.33. The predicted octanol–water partition coefficient (Wildman–Crippen LogP) is 4.76. The van der Waals surface area contributed by atoms with E-state index in [4.69, 9.17) is 0 Å². The Bertz CT molecular complexity index is 382. The summed E-state index contributed by atoms with van der Waals surface area (Å²) in [4.78, 5) is 0. The van der Waals surface area contributed by atoms with Crippen molar-refractivity contribution in [2.24, 2.45) is 0 Å². The van der Waals surface area contributed by atoms with Gasteiger partial charge in [-0.05, 0) is 24.0 Å². The van der Waals surface area contributed by atoms with E-state index < -0.39 is 0 Å². The van der Waals surface area contributed by atoms with E-state index in [0.29, 0.717) is 0 Å². The lowest BCUT2D eigenvalue weighted by molar-refractivity contribution is 0.690. The second-order valence-corrected chi connectivity index (χ2v) is 4.74. The van der Waals surface area contributed by atoms with Gasteiger partial charge in [-0.1, -0.05) is 49.4 Å². The highest BCUT2D eigenvalue weighted by molar-refractivity contribution is 8.02. The molecule has 0 spiro atoms. The molecule has 0 fully saturated rings. The van der Waals surface area contributed by atoms with Gasteiger partial charge in [0.15, 0.2) is 5.16 Å².